The van der Waals surface area contributed by atoms with E-state index in [1.54, 1.807) is 63.2 Å². The van der Waals surface area contributed by atoms with Crippen LogP contribution in [0, 0.1) is 6.92 Å². The first-order chi connectivity index (χ1) is 19.0. The zero-order valence-electron chi connectivity index (χ0n) is 22.6. The van der Waals surface area contributed by atoms with Crippen LogP contribution >= 0.6 is 11.6 Å². The number of nitrogens with zero attached hydrogens (tertiary/aromatic N) is 3. The van der Waals surface area contributed by atoms with Crippen LogP contribution in [0.4, 0.5) is 16.3 Å². The van der Waals surface area contributed by atoms with E-state index in [0.717, 1.165) is 10.5 Å². The van der Waals surface area contributed by atoms with Gasteiger partial charge in [-0.25, -0.2) is 19.7 Å². The molecule has 0 atom stereocenters. The molecule has 3 rings (SSSR count). The van der Waals surface area contributed by atoms with Crippen LogP contribution in [0.15, 0.2) is 54.9 Å². The first-order valence-electron chi connectivity index (χ1n) is 12.3. The largest absolute Gasteiger partial charge is 0.493 e. The Labute approximate surface area is 236 Å². The lowest BCUT2D eigenvalue weighted by molar-refractivity contribution is -0.117. The van der Waals surface area contributed by atoms with E-state index in [4.69, 9.17) is 21.1 Å². The minimum absolute atomic E-state index is 0.0155. The molecule has 0 fully saturated rings. The van der Waals surface area contributed by atoms with E-state index in [9.17, 15) is 19.2 Å². The number of halogens is 1. The molecule has 0 aliphatic carbocycles. The average Bonchev–Trinajstić information content (AvgIpc) is 2.89. The number of hydrogen-bond acceptors (Lipinski definition) is 8. The summed E-state index contributed by atoms with van der Waals surface area (Å²) < 4.78 is 11.1. The molecule has 0 saturated heterocycles. The van der Waals surface area contributed by atoms with E-state index in [-0.39, 0.29) is 35.9 Å². The van der Waals surface area contributed by atoms with E-state index in [0.29, 0.717) is 23.6 Å². The SMILES string of the molecule is Cc1ccc(C(=O)Nc2cccnc2C(=O)Nc2ccc(Cl)cn2)c(OCCCN(C=O)C(=O)OC(C)(C)C)c1. The third-order valence-corrected chi connectivity index (χ3v) is 5.40. The number of ether oxygens (including phenoxy) is 2. The number of aromatic nitrogens is 2. The van der Waals surface area contributed by atoms with Crippen molar-refractivity contribution >= 4 is 47.4 Å². The van der Waals surface area contributed by atoms with Crippen molar-refractivity contribution in [2.75, 3.05) is 23.8 Å². The molecule has 11 nitrogen and oxygen atoms in total. The number of aryl methyl sites for hydroxylation is 1. The molecular formula is C28H30ClN5O6. The number of benzene rings is 1. The van der Waals surface area contributed by atoms with Gasteiger partial charge in [-0.05, 0) is 76.1 Å². The molecular weight excluding hydrogens is 538 g/mol. The number of hydrogen-bond donors (Lipinski definition) is 2. The first kappa shape index (κ1) is 30.0. The highest BCUT2D eigenvalue weighted by Crippen LogP contribution is 2.23. The fraction of sp³-hybridized carbons (Fsp3) is 0.286. The topological polar surface area (TPSA) is 140 Å². The summed E-state index contributed by atoms with van der Waals surface area (Å²) in [6.07, 6.45) is 2.79. The standard InChI is InChI=1S/C28H30ClN5O6/c1-18-8-10-20(22(15-18)39-14-6-13-34(17-35)27(38)40-28(2,3)4)25(36)32-21-7-5-12-30-24(21)26(37)33-23-11-9-19(29)16-31-23/h5,7-12,15-17H,6,13-14H2,1-4H3,(H,32,36)(H,31,33,37). The second kappa shape index (κ2) is 13.5. The Morgan fingerprint density at radius 3 is 2.50 bits per heavy atom. The maximum absolute atomic E-state index is 13.2. The highest BCUT2D eigenvalue weighted by molar-refractivity contribution is 6.30. The fourth-order valence-corrected chi connectivity index (χ4v) is 3.47. The molecule has 12 heteroatoms. The van der Waals surface area contributed by atoms with Crippen LogP contribution in [0.3, 0.4) is 0 Å². The molecule has 1 aromatic carbocycles. The van der Waals surface area contributed by atoms with Gasteiger partial charge in [0.2, 0.25) is 6.41 Å². The van der Waals surface area contributed by atoms with Crippen molar-refractivity contribution < 1.29 is 28.7 Å². The number of anilines is 2. The number of pyridine rings is 2. The molecule has 4 amide bonds. The lowest BCUT2D eigenvalue weighted by Crippen LogP contribution is -2.36. The van der Waals surface area contributed by atoms with Crippen molar-refractivity contribution in [3.05, 3.63) is 76.7 Å². The molecule has 210 valence electrons. The molecule has 2 N–H and O–H groups in total. The van der Waals surface area contributed by atoms with Gasteiger partial charge in [0.15, 0.2) is 5.69 Å². The van der Waals surface area contributed by atoms with Crippen molar-refractivity contribution in [1.29, 1.82) is 0 Å². The third kappa shape index (κ3) is 8.77. The number of carbonyl (C=O) groups excluding carboxylic acids is 4. The van der Waals surface area contributed by atoms with Crippen LogP contribution < -0.4 is 15.4 Å². The molecule has 3 aromatic rings. The highest BCUT2D eigenvalue weighted by Gasteiger charge is 2.22. The van der Waals surface area contributed by atoms with Crippen molar-refractivity contribution in [2.45, 2.75) is 39.7 Å². The van der Waals surface area contributed by atoms with Crippen molar-refractivity contribution in [1.82, 2.24) is 14.9 Å². The zero-order chi connectivity index (χ0) is 29.3. The number of imide groups is 1. The van der Waals surface area contributed by atoms with Crippen LogP contribution in [0.5, 0.6) is 5.75 Å². The van der Waals surface area contributed by atoms with Crippen LogP contribution in [0.25, 0.3) is 0 Å². The molecule has 2 heterocycles. The summed E-state index contributed by atoms with van der Waals surface area (Å²) in [5, 5.41) is 5.76. The van der Waals surface area contributed by atoms with Crippen molar-refractivity contribution in [3.63, 3.8) is 0 Å². The smallest absolute Gasteiger partial charge is 0.416 e. The lowest BCUT2D eigenvalue weighted by Gasteiger charge is -2.23. The number of rotatable bonds is 10. The summed E-state index contributed by atoms with van der Waals surface area (Å²) in [5.41, 5.74) is 0.509. The molecule has 0 bridgehead atoms. The summed E-state index contributed by atoms with van der Waals surface area (Å²) in [6.45, 7) is 7.16. The Hall–Kier alpha value is -4.51. The number of nitrogens with one attached hydrogen (secondary N) is 2. The van der Waals surface area contributed by atoms with Crippen molar-refractivity contribution in [2.24, 2.45) is 0 Å². The first-order valence-corrected chi connectivity index (χ1v) is 12.7. The predicted octanol–water partition coefficient (Wildman–Crippen LogP) is 5.11. The fourth-order valence-electron chi connectivity index (χ4n) is 3.36. The molecule has 2 aromatic heterocycles. The monoisotopic (exact) mass is 567 g/mol. The zero-order valence-corrected chi connectivity index (χ0v) is 23.3. The van der Waals surface area contributed by atoms with Crippen LogP contribution in [0.1, 0.15) is 53.6 Å². The van der Waals surface area contributed by atoms with Gasteiger partial charge in [-0.1, -0.05) is 17.7 Å². The van der Waals surface area contributed by atoms with E-state index >= 15 is 0 Å². The molecule has 40 heavy (non-hydrogen) atoms. The van der Waals surface area contributed by atoms with Gasteiger partial charge in [0.1, 0.15) is 17.2 Å². The summed E-state index contributed by atoms with van der Waals surface area (Å²) in [6, 6.07) is 11.3. The molecule has 0 aliphatic heterocycles. The minimum atomic E-state index is -0.749. The van der Waals surface area contributed by atoms with Gasteiger partial charge in [0.05, 0.1) is 22.9 Å². The van der Waals surface area contributed by atoms with E-state index in [2.05, 4.69) is 20.6 Å². The summed E-state index contributed by atoms with van der Waals surface area (Å²) in [7, 11) is 0. The van der Waals surface area contributed by atoms with Gasteiger partial charge in [0.25, 0.3) is 11.8 Å². The second-order valence-electron chi connectivity index (χ2n) is 9.65. The predicted molar refractivity (Wildman–Crippen MR) is 150 cm³/mol. The van der Waals surface area contributed by atoms with Gasteiger partial charge in [-0.15, -0.1) is 0 Å². The van der Waals surface area contributed by atoms with Gasteiger partial charge in [-0.3, -0.25) is 14.4 Å². The average molecular weight is 568 g/mol. The molecule has 0 aliphatic rings. The maximum Gasteiger partial charge on any atom is 0.416 e. The second-order valence-corrected chi connectivity index (χ2v) is 10.1. The lowest BCUT2D eigenvalue weighted by atomic mass is 10.1. The van der Waals surface area contributed by atoms with Gasteiger partial charge < -0.3 is 20.1 Å². The minimum Gasteiger partial charge on any atom is -0.493 e. The Balaban J connectivity index is 1.67. The Bertz CT molecular complexity index is 1370. The van der Waals surface area contributed by atoms with Gasteiger partial charge in [0, 0.05) is 18.9 Å². The molecule has 0 unspecified atom stereocenters. The molecule has 0 saturated carbocycles. The summed E-state index contributed by atoms with van der Waals surface area (Å²) >= 11 is 5.84. The number of carbonyl (C=O) groups is 4. The van der Waals surface area contributed by atoms with E-state index < -0.39 is 23.5 Å². The van der Waals surface area contributed by atoms with Crippen LogP contribution in [-0.4, -0.2) is 57.9 Å². The Morgan fingerprint density at radius 1 is 1.05 bits per heavy atom. The van der Waals surface area contributed by atoms with E-state index in [1.165, 1.54) is 12.4 Å². The van der Waals surface area contributed by atoms with Crippen LogP contribution in [0.2, 0.25) is 5.02 Å². The van der Waals surface area contributed by atoms with E-state index in [1.807, 2.05) is 6.92 Å². The number of amides is 4. The highest BCUT2D eigenvalue weighted by atomic mass is 35.5. The Kier molecular flexibility index (Phi) is 10.2. The molecule has 0 radical (unpaired) electrons. The third-order valence-electron chi connectivity index (χ3n) is 5.18. The molecule has 0 spiro atoms. The van der Waals surface area contributed by atoms with Gasteiger partial charge in [-0.2, -0.15) is 0 Å². The normalized spacial score (nSPS) is 10.8. The summed E-state index contributed by atoms with van der Waals surface area (Å²) in [5.74, 6) is -0.528. The maximum atomic E-state index is 13.2. The van der Waals surface area contributed by atoms with Crippen molar-refractivity contribution in [3.8, 4) is 5.75 Å². The Morgan fingerprint density at radius 2 is 1.82 bits per heavy atom. The summed E-state index contributed by atoms with van der Waals surface area (Å²) in [4.78, 5) is 58.6. The van der Waals surface area contributed by atoms with Gasteiger partial charge >= 0.3 is 6.09 Å². The quantitative estimate of drug-likeness (QED) is 0.254. The van der Waals surface area contributed by atoms with Crippen LogP contribution in [-0.2, 0) is 9.53 Å².